The molecule has 29 heavy (non-hydrogen) atoms. The highest BCUT2D eigenvalue weighted by atomic mass is 35.5. The fourth-order valence-corrected chi connectivity index (χ4v) is 3.10. The Balaban J connectivity index is 1.75. The van der Waals surface area contributed by atoms with Gasteiger partial charge in [-0.25, -0.2) is 4.79 Å². The van der Waals surface area contributed by atoms with E-state index in [-0.39, 0.29) is 11.7 Å². The monoisotopic (exact) mass is 441 g/mol. The number of nitrogens with zero attached hydrogens (tertiary/aromatic N) is 1. The Morgan fingerprint density at radius 3 is 2.55 bits per heavy atom. The highest BCUT2D eigenvalue weighted by Crippen LogP contribution is 2.28. The van der Waals surface area contributed by atoms with Crippen LogP contribution in [-0.4, -0.2) is 17.3 Å². The summed E-state index contributed by atoms with van der Waals surface area (Å²) < 4.78 is 41.2. The van der Waals surface area contributed by atoms with Crippen molar-refractivity contribution in [1.29, 1.82) is 0 Å². The van der Waals surface area contributed by atoms with Crippen LogP contribution in [0.4, 0.5) is 13.2 Å². The van der Waals surface area contributed by atoms with Crippen LogP contribution >= 0.6 is 23.2 Å². The third-order valence-electron chi connectivity index (χ3n) is 3.95. The maximum atomic E-state index is 12.5. The number of nitrogens with two attached hydrogens (primary N) is 1. The summed E-state index contributed by atoms with van der Waals surface area (Å²) in [7, 11) is 0. The molecule has 3 rings (SSSR count). The molecule has 0 aliphatic rings. The van der Waals surface area contributed by atoms with Gasteiger partial charge in [-0.2, -0.15) is 0 Å². The predicted molar refractivity (Wildman–Crippen MR) is 103 cm³/mol. The van der Waals surface area contributed by atoms with E-state index in [2.05, 4.69) is 9.72 Å². The van der Waals surface area contributed by atoms with Crippen LogP contribution in [0.1, 0.15) is 15.9 Å². The lowest BCUT2D eigenvalue weighted by Gasteiger charge is -2.10. The van der Waals surface area contributed by atoms with Gasteiger partial charge >= 0.3 is 12.3 Å². The normalized spacial score (nSPS) is 11.3. The van der Waals surface area contributed by atoms with Crippen molar-refractivity contribution in [2.75, 3.05) is 0 Å². The van der Waals surface area contributed by atoms with Crippen molar-refractivity contribution in [3.05, 3.63) is 82.1 Å². The van der Waals surface area contributed by atoms with E-state index in [1.54, 1.807) is 30.3 Å². The molecular weight excluding hydrogens is 428 g/mol. The Hall–Kier alpha value is -2.61. The summed E-state index contributed by atoms with van der Waals surface area (Å²) in [5.41, 5.74) is 1.97. The highest BCUT2D eigenvalue weighted by Gasteiger charge is 2.31. The molecular formula is C20H14Cl2F3N2O2+. The van der Waals surface area contributed by atoms with Gasteiger partial charge in [0.1, 0.15) is 12.3 Å². The van der Waals surface area contributed by atoms with Crippen molar-refractivity contribution < 1.29 is 28.0 Å². The van der Waals surface area contributed by atoms with Crippen molar-refractivity contribution in [2.45, 2.75) is 12.9 Å². The number of alkyl halides is 3. The SMILES string of the molecule is O=C([NH2+]Cc1ccc(Cl)cc1Cl)c1cncc(-c2cccc(OC(F)(F)F)c2)c1. The number of halogens is 5. The van der Waals surface area contributed by atoms with E-state index in [0.29, 0.717) is 33.3 Å². The number of pyridine rings is 1. The molecule has 0 bridgehead atoms. The van der Waals surface area contributed by atoms with E-state index >= 15 is 0 Å². The maximum Gasteiger partial charge on any atom is 0.573 e. The summed E-state index contributed by atoms with van der Waals surface area (Å²) in [6.45, 7) is 0.300. The van der Waals surface area contributed by atoms with Crippen LogP contribution in [0.2, 0.25) is 10.0 Å². The Bertz CT molecular complexity index is 1040. The molecule has 2 aromatic carbocycles. The largest absolute Gasteiger partial charge is 0.573 e. The molecule has 0 saturated carbocycles. The smallest absolute Gasteiger partial charge is 0.406 e. The molecule has 0 fully saturated rings. The summed E-state index contributed by atoms with van der Waals surface area (Å²) in [4.78, 5) is 16.5. The second-order valence-electron chi connectivity index (χ2n) is 6.05. The molecule has 0 atom stereocenters. The van der Waals surface area contributed by atoms with Gasteiger partial charge in [0.2, 0.25) is 0 Å². The molecule has 0 unspecified atom stereocenters. The number of carbonyl (C=O) groups excluding carboxylic acids is 1. The fraction of sp³-hybridized carbons (Fsp3) is 0.100. The molecule has 1 aromatic heterocycles. The summed E-state index contributed by atoms with van der Waals surface area (Å²) in [6, 6.07) is 12.0. The first-order valence-electron chi connectivity index (χ1n) is 8.34. The van der Waals surface area contributed by atoms with Crippen molar-refractivity contribution in [3.8, 4) is 16.9 Å². The van der Waals surface area contributed by atoms with E-state index < -0.39 is 6.36 Å². The Labute approximate surface area is 174 Å². The van der Waals surface area contributed by atoms with E-state index in [0.717, 1.165) is 5.56 Å². The van der Waals surface area contributed by atoms with E-state index in [1.165, 1.54) is 35.9 Å². The molecule has 2 N–H and O–H groups in total. The van der Waals surface area contributed by atoms with E-state index in [9.17, 15) is 18.0 Å². The maximum absolute atomic E-state index is 12.5. The van der Waals surface area contributed by atoms with Gasteiger partial charge in [-0.15, -0.1) is 13.2 Å². The summed E-state index contributed by atoms with van der Waals surface area (Å²) in [5, 5.41) is 2.41. The van der Waals surface area contributed by atoms with Crippen molar-refractivity contribution in [3.63, 3.8) is 0 Å². The summed E-state index contributed by atoms with van der Waals surface area (Å²) in [5.74, 6) is -0.635. The zero-order valence-electron chi connectivity index (χ0n) is 14.7. The number of primary amides is 1. The van der Waals surface area contributed by atoms with Crippen LogP contribution in [0.15, 0.2) is 60.9 Å². The molecule has 0 spiro atoms. The predicted octanol–water partition coefficient (Wildman–Crippen LogP) is 4.86. The molecule has 1 heterocycles. The topological polar surface area (TPSA) is 55.8 Å². The molecule has 9 heteroatoms. The van der Waals surface area contributed by atoms with Crippen LogP contribution in [0.25, 0.3) is 11.1 Å². The number of ether oxygens (including phenoxy) is 1. The van der Waals surface area contributed by atoms with Crippen LogP contribution in [0, 0.1) is 0 Å². The molecule has 0 aliphatic carbocycles. The van der Waals surface area contributed by atoms with Crippen LogP contribution in [0.5, 0.6) is 5.75 Å². The minimum Gasteiger partial charge on any atom is -0.406 e. The molecule has 4 nitrogen and oxygen atoms in total. The van der Waals surface area contributed by atoms with Gasteiger partial charge in [-0.3, -0.25) is 10.3 Å². The van der Waals surface area contributed by atoms with Gasteiger partial charge in [0.05, 0.1) is 10.6 Å². The third kappa shape index (κ3) is 5.93. The number of carbonyl (C=O) groups is 1. The lowest BCUT2D eigenvalue weighted by atomic mass is 10.1. The zero-order valence-corrected chi connectivity index (χ0v) is 16.2. The van der Waals surface area contributed by atoms with Gasteiger partial charge in [0.25, 0.3) is 0 Å². The summed E-state index contributed by atoms with van der Waals surface area (Å²) in [6.07, 6.45) is -1.94. The second kappa shape index (κ2) is 8.82. The Morgan fingerprint density at radius 1 is 1.03 bits per heavy atom. The first-order valence-corrected chi connectivity index (χ1v) is 9.09. The van der Waals surface area contributed by atoms with Crippen molar-refractivity contribution in [1.82, 2.24) is 4.98 Å². The molecule has 0 aliphatic heterocycles. The Morgan fingerprint density at radius 2 is 1.83 bits per heavy atom. The van der Waals surface area contributed by atoms with Crippen molar-refractivity contribution >= 4 is 29.1 Å². The number of rotatable bonds is 5. The number of quaternary nitrogens is 1. The molecule has 150 valence electrons. The van der Waals surface area contributed by atoms with Crippen LogP contribution in [0.3, 0.4) is 0 Å². The highest BCUT2D eigenvalue weighted by molar-refractivity contribution is 6.35. The second-order valence-corrected chi connectivity index (χ2v) is 6.89. The van der Waals surface area contributed by atoms with Gasteiger partial charge in [-0.1, -0.05) is 41.4 Å². The molecule has 1 amide bonds. The van der Waals surface area contributed by atoms with E-state index in [1.807, 2.05) is 0 Å². The van der Waals surface area contributed by atoms with Gasteiger partial charge in [-0.05, 0) is 35.9 Å². The number of aromatic nitrogens is 1. The molecule has 0 saturated heterocycles. The van der Waals surface area contributed by atoms with E-state index in [4.69, 9.17) is 23.2 Å². The fourth-order valence-electron chi connectivity index (χ4n) is 2.61. The quantitative estimate of drug-likeness (QED) is 0.615. The number of hydrogen-bond donors (Lipinski definition) is 1. The lowest BCUT2D eigenvalue weighted by molar-refractivity contribution is -0.571. The lowest BCUT2D eigenvalue weighted by Crippen LogP contribution is -2.86. The third-order valence-corrected chi connectivity index (χ3v) is 4.53. The van der Waals surface area contributed by atoms with Crippen LogP contribution < -0.4 is 10.1 Å². The van der Waals surface area contributed by atoms with Crippen LogP contribution in [-0.2, 0) is 6.54 Å². The first-order chi connectivity index (χ1) is 13.7. The average molecular weight is 442 g/mol. The molecule has 3 aromatic rings. The number of benzene rings is 2. The van der Waals surface area contributed by atoms with Gasteiger partial charge < -0.3 is 4.74 Å². The number of amides is 1. The number of hydrogen-bond acceptors (Lipinski definition) is 3. The standard InChI is InChI=1S/C20H13Cl2F3N2O2/c21-16-5-4-13(18(22)8-16)11-27-19(28)15-6-14(9-26-10-15)12-2-1-3-17(7-12)29-20(23,24)25/h1-10H,11H2,(H,27,28)/p+1. The van der Waals surface area contributed by atoms with Gasteiger partial charge in [0, 0.05) is 28.5 Å². The zero-order chi connectivity index (χ0) is 21.0. The molecule has 0 radical (unpaired) electrons. The summed E-state index contributed by atoms with van der Waals surface area (Å²) >= 11 is 12.0. The minimum atomic E-state index is -4.79. The minimum absolute atomic E-state index is 0.284. The first kappa shape index (κ1) is 21.1. The van der Waals surface area contributed by atoms with Gasteiger partial charge in [0.15, 0.2) is 0 Å². The van der Waals surface area contributed by atoms with Crippen molar-refractivity contribution in [2.24, 2.45) is 0 Å². The average Bonchev–Trinajstić information content (AvgIpc) is 2.66. The Kier molecular flexibility index (Phi) is 6.42.